The zero-order chi connectivity index (χ0) is 11.8. The summed E-state index contributed by atoms with van der Waals surface area (Å²) in [7, 11) is 2.09. The number of aromatic nitrogens is 1. The van der Waals surface area contributed by atoms with Gasteiger partial charge in [-0.1, -0.05) is 6.07 Å². The number of hydrogen-bond acceptors (Lipinski definition) is 3. The van der Waals surface area contributed by atoms with Gasteiger partial charge in [-0.25, -0.2) is 0 Å². The topological polar surface area (TPSA) is 33.2 Å². The Kier molecular flexibility index (Phi) is 5.72. The van der Waals surface area contributed by atoms with E-state index in [1.165, 1.54) is 0 Å². The monoisotopic (exact) mass is 220 g/mol. The molecule has 88 valence electrons. The summed E-state index contributed by atoms with van der Waals surface area (Å²) in [5.41, 5.74) is 1.09. The SMILES string of the molecule is CC(=O)CCCCN(C)Cc1ccccn1. The van der Waals surface area contributed by atoms with Crippen molar-refractivity contribution in [3.63, 3.8) is 0 Å². The third kappa shape index (κ3) is 5.61. The first-order chi connectivity index (χ1) is 7.68. The fourth-order valence-electron chi connectivity index (χ4n) is 1.60. The Balaban J connectivity index is 2.16. The second-order valence-corrected chi connectivity index (χ2v) is 4.22. The van der Waals surface area contributed by atoms with Crippen LogP contribution in [0.1, 0.15) is 31.9 Å². The normalized spacial score (nSPS) is 10.7. The van der Waals surface area contributed by atoms with Crippen molar-refractivity contribution in [1.82, 2.24) is 9.88 Å². The molecule has 0 saturated carbocycles. The van der Waals surface area contributed by atoms with Gasteiger partial charge < -0.3 is 9.69 Å². The number of pyridine rings is 1. The molecular formula is C13H20N2O. The minimum absolute atomic E-state index is 0.285. The van der Waals surface area contributed by atoms with Gasteiger partial charge in [-0.15, -0.1) is 0 Å². The molecule has 0 fully saturated rings. The number of carbonyl (C=O) groups excluding carboxylic acids is 1. The van der Waals surface area contributed by atoms with E-state index in [-0.39, 0.29) is 5.78 Å². The predicted octanol–water partition coefficient (Wildman–Crippen LogP) is 2.27. The van der Waals surface area contributed by atoms with Crippen molar-refractivity contribution in [1.29, 1.82) is 0 Å². The number of carbonyl (C=O) groups is 1. The van der Waals surface area contributed by atoms with E-state index in [1.807, 2.05) is 24.4 Å². The number of rotatable bonds is 7. The zero-order valence-corrected chi connectivity index (χ0v) is 10.1. The molecule has 1 aromatic rings. The molecule has 0 saturated heterocycles. The molecule has 0 aromatic carbocycles. The quantitative estimate of drug-likeness (QED) is 0.661. The van der Waals surface area contributed by atoms with Crippen LogP contribution in [0.2, 0.25) is 0 Å². The smallest absolute Gasteiger partial charge is 0.129 e. The first kappa shape index (κ1) is 12.8. The van der Waals surface area contributed by atoms with E-state index in [2.05, 4.69) is 16.9 Å². The zero-order valence-electron chi connectivity index (χ0n) is 10.1. The van der Waals surface area contributed by atoms with Crippen molar-refractivity contribution in [2.75, 3.05) is 13.6 Å². The summed E-state index contributed by atoms with van der Waals surface area (Å²) in [5, 5.41) is 0. The van der Waals surface area contributed by atoms with E-state index in [1.54, 1.807) is 6.92 Å². The molecule has 0 aliphatic carbocycles. The van der Waals surface area contributed by atoms with Crippen molar-refractivity contribution in [3.05, 3.63) is 30.1 Å². The minimum Gasteiger partial charge on any atom is -0.301 e. The summed E-state index contributed by atoms with van der Waals surface area (Å²) >= 11 is 0. The number of ketones is 1. The molecule has 0 atom stereocenters. The highest BCUT2D eigenvalue weighted by molar-refractivity contribution is 5.75. The molecular weight excluding hydrogens is 200 g/mol. The molecule has 0 aliphatic rings. The lowest BCUT2D eigenvalue weighted by molar-refractivity contribution is -0.117. The van der Waals surface area contributed by atoms with E-state index in [0.29, 0.717) is 6.42 Å². The molecule has 1 aromatic heterocycles. The van der Waals surface area contributed by atoms with Gasteiger partial charge in [0.05, 0.1) is 5.69 Å². The Morgan fingerprint density at radius 2 is 2.19 bits per heavy atom. The van der Waals surface area contributed by atoms with Crippen LogP contribution in [0.15, 0.2) is 24.4 Å². The molecule has 1 rings (SSSR count). The van der Waals surface area contributed by atoms with Gasteiger partial charge >= 0.3 is 0 Å². The number of hydrogen-bond donors (Lipinski definition) is 0. The molecule has 16 heavy (non-hydrogen) atoms. The van der Waals surface area contributed by atoms with E-state index < -0.39 is 0 Å². The van der Waals surface area contributed by atoms with E-state index in [4.69, 9.17) is 0 Å². The maximum atomic E-state index is 10.8. The fourth-order valence-corrected chi connectivity index (χ4v) is 1.60. The summed E-state index contributed by atoms with van der Waals surface area (Å²) in [6, 6.07) is 5.97. The lowest BCUT2D eigenvalue weighted by atomic mass is 10.2. The first-order valence-electron chi connectivity index (χ1n) is 5.76. The molecule has 3 heteroatoms. The van der Waals surface area contributed by atoms with Gasteiger partial charge in [0.15, 0.2) is 0 Å². The highest BCUT2D eigenvalue weighted by atomic mass is 16.1. The Labute approximate surface area is 97.5 Å². The molecule has 0 bridgehead atoms. The highest BCUT2D eigenvalue weighted by Crippen LogP contribution is 2.02. The molecule has 0 spiro atoms. The van der Waals surface area contributed by atoms with Gasteiger partial charge in [0, 0.05) is 19.2 Å². The summed E-state index contributed by atoms with van der Waals surface area (Å²) in [5.74, 6) is 0.285. The van der Waals surface area contributed by atoms with Gasteiger partial charge in [0.2, 0.25) is 0 Å². The van der Waals surface area contributed by atoms with Gasteiger partial charge in [0.1, 0.15) is 5.78 Å². The summed E-state index contributed by atoms with van der Waals surface area (Å²) < 4.78 is 0. The predicted molar refractivity (Wildman–Crippen MR) is 65.1 cm³/mol. The maximum absolute atomic E-state index is 10.8. The maximum Gasteiger partial charge on any atom is 0.129 e. The van der Waals surface area contributed by atoms with Crippen LogP contribution in [-0.4, -0.2) is 29.3 Å². The Hall–Kier alpha value is -1.22. The molecule has 0 N–H and O–H groups in total. The molecule has 0 amide bonds. The van der Waals surface area contributed by atoms with Crippen LogP contribution in [0.5, 0.6) is 0 Å². The number of nitrogens with zero attached hydrogens (tertiary/aromatic N) is 2. The third-order valence-corrected chi connectivity index (χ3v) is 2.48. The van der Waals surface area contributed by atoms with Crippen LogP contribution in [0.4, 0.5) is 0 Å². The van der Waals surface area contributed by atoms with Crippen LogP contribution in [0, 0.1) is 0 Å². The molecule has 0 radical (unpaired) electrons. The van der Waals surface area contributed by atoms with Gasteiger partial charge in [0.25, 0.3) is 0 Å². The summed E-state index contributed by atoms with van der Waals surface area (Å²) in [6.07, 6.45) is 4.58. The van der Waals surface area contributed by atoms with Gasteiger partial charge in [-0.2, -0.15) is 0 Å². The van der Waals surface area contributed by atoms with Crippen LogP contribution in [0.3, 0.4) is 0 Å². The number of Topliss-reactive ketones (excluding diaryl/α,β-unsaturated/α-hetero) is 1. The summed E-state index contributed by atoms with van der Waals surface area (Å²) in [6.45, 7) is 3.54. The van der Waals surface area contributed by atoms with E-state index >= 15 is 0 Å². The van der Waals surface area contributed by atoms with Gasteiger partial charge in [-0.05, 0) is 45.5 Å². The fraction of sp³-hybridized carbons (Fsp3) is 0.538. The standard InChI is InChI=1S/C13H20N2O/c1-12(16)7-4-6-10-15(2)11-13-8-3-5-9-14-13/h3,5,8-9H,4,6-7,10-11H2,1-2H3. The van der Waals surface area contributed by atoms with E-state index in [0.717, 1.165) is 31.6 Å². The van der Waals surface area contributed by atoms with Crippen molar-refractivity contribution < 1.29 is 4.79 Å². The lowest BCUT2D eigenvalue weighted by Gasteiger charge is -2.15. The Morgan fingerprint density at radius 1 is 1.38 bits per heavy atom. The minimum atomic E-state index is 0.285. The van der Waals surface area contributed by atoms with Crippen LogP contribution in [-0.2, 0) is 11.3 Å². The van der Waals surface area contributed by atoms with Crippen LogP contribution < -0.4 is 0 Å². The number of unbranched alkanes of at least 4 members (excludes halogenated alkanes) is 1. The molecule has 0 aliphatic heterocycles. The van der Waals surface area contributed by atoms with Crippen LogP contribution >= 0.6 is 0 Å². The van der Waals surface area contributed by atoms with Crippen molar-refractivity contribution in [2.24, 2.45) is 0 Å². The second-order valence-electron chi connectivity index (χ2n) is 4.22. The average Bonchev–Trinajstić information content (AvgIpc) is 2.25. The molecule has 1 heterocycles. The van der Waals surface area contributed by atoms with Crippen molar-refractivity contribution in [3.8, 4) is 0 Å². The van der Waals surface area contributed by atoms with Crippen molar-refractivity contribution >= 4 is 5.78 Å². The Bertz CT molecular complexity index is 311. The lowest BCUT2D eigenvalue weighted by Crippen LogP contribution is -2.19. The largest absolute Gasteiger partial charge is 0.301 e. The van der Waals surface area contributed by atoms with Crippen molar-refractivity contribution in [2.45, 2.75) is 32.7 Å². The third-order valence-electron chi connectivity index (χ3n) is 2.48. The average molecular weight is 220 g/mol. The van der Waals surface area contributed by atoms with E-state index in [9.17, 15) is 4.79 Å². The highest BCUT2D eigenvalue weighted by Gasteiger charge is 2.01. The second kappa shape index (κ2) is 7.12. The van der Waals surface area contributed by atoms with Crippen LogP contribution in [0.25, 0.3) is 0 Å². The van der Waals surface area contributed by atoms with Gasteiger partial charge in [-0.3, -0.25) is 4.98 Å². The molecule has 0 unspecified atom stereocenters. The first-order valence-corrected chi connectivity index (χ1v) is 5.76. The summed E-state index contributed by atoms with van der Waals surface area (Å²) in [4.78, 5) is 17.3. The molecule has 3 nitrogen and oxygen atoms in total. The Morgan fingerprint density at radius 3 is 2.81 bits per heavy atom.